The zero-order valence-electron chi connectivity index (χ0n) is 14.0. The largest absolute Gasteiger partial charge is 0.377 e. The van der Waals surface area contributed by atoms with Crippen molar-refractivity contribution in [1.82, 2.24) is 24.9 Å². The quantitative estimate of drug-likeness (QED) is 0.880. The molecule has 1 unspecified atom stereocenters. The number of aryl methyl sites for hydroxylation is 2. The normalized spacial score (nSPS) is 18.0. The predicted molar refractivity (Wildman–Crippen MR) is 85.6 cm³/mol. The summed E-state index contributed by atoms with van der Waals surface area (Å²) in [4.78, 5) is 14.3. The van der Waals surface area contributed by atoms with E-state index in [2.05, 4.69) is 20.6 Å². The number of hydrogen-bond donors (Lipinski definition) is 2. The summed E-state index contributed by atoms with van der Waals surface area (Å²) in [7, 11) is 0. The number of amides is 2. The van der Waals surface area contributed by atoms with Gasteiger partial charge in [0, 0.05) is 24.0 Å². The zero-order valence-corrected chi connectivity index (χ0v) is 14.0. The molecule has 25 heavy (non-hydrogen) atoms. The van der Waals surface area contributed by atoms with E-state index >= 15 is 0 Å². The van der Waals surface area contributed by atoms with Crippen molar-refractivity contribution >= 4 is 11.7 Å². The molecule has 2 N–H and O–H groups in total. The second kappa shape index (κ2) is 7.18. The van der Waals surface area contributed by atoms with Crippen LogP contribution < -0.4 is 5.32 Å². The number of carbonyl (C=O) groups excluding carboxylic acids is 1. The Hall–Kier alpha value is -2.49. The van der Waals surface area contributed by atoms with Crippen LogP contribution in [0.4, 0.5) is 19.3 Å². The molecule has 1 atom stereocenters. The van der Waals surface area contributed by atoms with Crippen molar-refractivity contribution in [2.24, 2.45) is 0 Å². The molecule has 2 aromatic rings. The van der Waals surface area contributed by atoms with E-state index in [-0.39, 0.29) is 12.1 Å². The fraction of sp³-hybridized carbons (Fsp3) is 0.533. The molecule has 0 aromatic carbocycles. The lowest BCUT2D eigenvalue weighted by molar-refractivity contribution is 0.0143. The standard InChI is InChI=1S/C15H20F2N6O2/c1-9-14(10(2)21-20-9)12-8-25-4-3-23(12)15(24)19-11-5-18-22(6-11)7-13(16)17/h5-6,12-13H,3-4,7-8H2,1-2H3,(H,19,24)(H,20,21). The van der Waals surface area contributed by atoms with E-state index < -0.39 is 13.0 Å². The van der Waals surface area contributed by atoms with Crippen molar-refractivity contribution in [3.05, 3.63) is 29.3 Å². The van der Waals surface area contributed by atoms with Crippen molar-refractivity contribution < 1.29 is 18.3 Å². The highest BCUT2D eigenvalue weighted by atomic mass is 19.3. The number of rotatable bonds is 4. The van der Waals surface area contributed by atoms with Crippen molar-refractivity contribution in [1.29, 1.82) is 0 Å². The van der Waals surface area contributed by atoms with Crippen LogP contribution in [0.2, 0.25) is 0 Å². The van der Waals surface area contributed by atoms with E-state index in [1.807, 2.05) is 13.8 Å². The Balaban J connectivity index is 1.74. The average Bonchev–Trinajstić information content (AvgIpc) is 3.13. The van der Waals surface area contributed by atoms with Gasteiger partial charge in [0.1, 0.15) is 6.54 Å². The van der Waals surface area contributed by atoms with Gasteiger partial charge < -0.3 is 15.0 Å². The first kappa shape index (κ1) is 17.3. The molecule has 2 aromatic heterocycles. The molecular weight excluding hydrogens is 334 g/mol. The third-order valence-corrected chi connectivity index (χ3v) is 4.12. The number of halogens is 2. The smallest absolute Gasteiger partial charge is 0.322 e. The van der Waals surface area contributed by atoms with Gasteiger partial charge in [0.25, 0.3) is 6.43 Å². The first-order valence-electron chi connectivity index (χ1n) is 7.93. The number of ether oxygens (including phenoxy) is 1. The van der Waals surface area contributed by atoms with Gasteiger partial charge in [-0.1, -0.05) is 0 Å². The molecule has 1 fully saturated rings. The number of alkyl halides is 2. The van der Waals surface area contributed by atoms with Gasteiger partial charge in [0.05, 0.1) is 36.8 Å². The third-order valence-electron chi connectivity index (χ3n) is 4.12. The number of morpholine rings is 1. The molecule has 1 saturated heterocycles. The minimum Gasteiger partial charge on any atom is -0.377 e. The summed E-state index contributed by atoms with van der Waals surface area (Å²) in [6, 6.07) is -0.589. The molecule has 136 valence electrons. The summed E-state index contributed by atoms with van der Waals surface area (Å²) in [6.07, 6.45) is 0.233. The average molecular weight is 354 g/mol. The summed E-state index contributed by atoms with van der Waals surface area (Å²) in [5.74, 6) is 0. The highest BCUT2D eigenvalue weighted by Gasteiger charge is 2.32. The monoisotopic (exact) mass is 354 g/mol. The lowest BCUT2D eigenvalue weighted by Gasteiger charge is -2.35. The van der Waals surface area contributed by atoms with Gasteiger partial charge in [-0.05, 0) is 13.8 Å². The first-order chi connectivity index (χ1) is 12.0. The molecule has 0 bridgehead atoms. The SMILES string of the molecule is Cc1n[nH]c(C)c1C1COCCN1C(=O)Nc1cnn(CC(F)F)c1. The van der Waals surface area contributed by atoms with Gasteiger partial charge >= 0.3 is 6.03 Å². The molecule has 1 aliphatic heterocycles. The molecule has 10 heteroatoms. The van der Waals surface area contributed by atoms with E-state index in [4.69, 9.17) is 4.74 Å². The van der Waals surface area contributed by atoms with Gasteiger partial charge in [-0.25, -0.2) is 13.6 Å². The zero-order chi connectivity index (χ0) is 18.0. The Morgan fingerprint density at radius 2 is 2.32 bits per heavy atom. The highest BCUT2D eigenvalue weighted by molar-refractivity contribution is 5.89. The minimum atomic E-state index is -2.50. The molecule has 0 saturated carbocycles. The molecule has 0 radical (unpaired) electrons. The van der Waals surface area contributed by atoms with Crippen molar-refractivity contribution in [2.45, 2.75) is 32.9 Å². The van der Waals surface area contributed by atoms with Crippen LogP contribution in [-0.4, -0.2) is 57.1 Å². The summed E-state index contributed by atoms with van der Waals surface area (Å²) < 4.78 is 31.4. The maximum Gasteiger partial charge on any atom is 0.322 e. The minimum absolute atomic E-state index is 0.261. The van der Waals surface area contributed by atoms with Gasteiger partial charge in [0.15, 0.2) is 0 Å². The number of anilines is 1. The number of nitrogens with one attached hydrogen (secondary N) is 2. The lowest BCUT2D eigenvalue weighted by Crippen LogP contribution is -2.45. The Bertz CT molecular complexity index is 725. The summed E-state index contributed by atoms with van der Waals surface area (Å²) in [6.45, 7) is 4.49. The molecular formula is C15H20F2N6O2. The van der Waals surface area contributed by atoms with E-state index in [1.165, 1.54) is 12.4 Å². The van der Waals surface area contributed by atoms with E-state index in [0.29, 0.717) is 25.4 Å². The molecule has 3 rings (SSSR count). The molecule has 0 aliphatic carbocycles. The Morgan fingerprint density at radius 3 is 3.00 bits per heavy atom. The van der Waals surface area contributed by atoms with Crippen molar-refractivity contribution in [2.75, 3.05) is 25.1 Å². The lowest BCUT2D eigenvalue weighted by atomic mass is 10.0. The number of H-pyrrole nitrogens is 1. The van der Waals surface area contributed by atoms with Crippen LogP contribution in [-0.2, 0) is 11.3 Å². The van der Waals surface area contributed by atoms with Crippen LogP contribution in [0.25, 0.3) is 0 Å². The van der Waals surface area contributed by atoms with Crippen LogP contribution in [0.3, 0.4) is 0 Å². The van der Waals surface area contributed by atoms with Crippen LogP contribution in [0.15, 0.2) is 12.4 Å². The molecule has 8 nitrogen and oxygen atoms in total. The van der Waals surface area contributed by atoms with Gasteiger partial charge in [-0.3, -0.25) is 9.78 Å². The molecule has 2 amide bonds. The van der Waals surface area contributed by atoms with Gasteiger partial charge in [-0.2, -0.15) is 10.2 Å². The van der Waals surface area contributed by atoms with Gasteiger partial charge in [0.2, 0.25) is 0 Å². The van der Waals surface area contributed by atoms with Crippen LogP contribution in [0, 0.1) is 13.8 Å². The van der Waals surface area contributed by atoms with Gasteiger partial charge in [-0.15, -0.1) is 0 Å². The Labute approximate surface area is 143 Å². The summed E-state index contributed by atoms with van der Waals surface area (Å²) in [5, 5.41) is 13.6. The Morgan fingerprint density at radius 1 is 1.52 bits per heavy atom. The first-order valence-corrected chi connectivity index (χ1v) is 7.93. The van der Waals surface area contributed by atoms with Crippen molar-refractivity contribution in [3.63, 3.8) is 0 Å². The third kappa shape index (κ3) is 3.78. The second-order valence-corrected chi connectivity index (χ2v) is 5.90. The number of urea groups is 1. The summed E-state index contributed by atoms with van der Waals surface area (Å²) >= 11 is 0. The highest BCUT2D eigenvalue weighted by Crippen LogP contribution is 2.28. The summed E-state index contributed by atoms with van der Waals surface area (Å²) in [5.41, 5.74) is 3.01. The van der Waals surface area contributed by atoms with Crippen LogP contribution >= 0.6 is 0 Å². The fourth-order valence-corrected chi connectivity index (χ4v) is 3.00. The van der Waals surface area contributed by atoms with Crippen LogP contribution in [0.1, 0.15) is 23.0 Å². The number of nitrogens with zero attached hydrogens (tertiary/aromatic N) is 4. The number of aromatic amines is 1. The van der Waals surface area contributed by atoms with Crippen LogP contribution in [0.5, 0.6) is 0 Å². The number of hydrogen-bond acceptors (Lipinski definition) is 4. The Kier molecular flexibility index (Phi) is 4.98. The second-order valence-electron chi connectivity index (χ2n) is 5.90. The number of carbonyl (C=O) groups is 1. The van der Waals surface area contributed by atoms with Crippen molar-refractivity contribution in [3.8, 4) is 0 Å². The topological polar surface area (TPSA) is 88.1 Å². The predicted octanol–water partition coefficient (Wildman–Crippen LogP) is 2.09. The maximum atomic E-state index is 12.7. The van der Waals surface area contributed by atoms with E-state index in [0.717, 1.165) is 21.6 Å². The van der Waals surface area contributed by atoms with E-state index in [9.17, 15) is 13.6 Å². The number of aromatic nitrogens is 4. The van der Waals surface area contributed by atoms with E-state index in [1.54, 1.807) is 4.90 Å². The molecule has 0 spiro atoms. The molecule has 1 aliphatic rings. The fourth-order valence-electron chi connectivity index (χ4n) is 3.00. The molecule has 3 heterocycles. The maximum absolute atomic E-state index is 12.7.